The van der Waals surface area contributed by atoms with Gasteiger partial charge in [0, 0.05) is 12.7 Å². The predicted octanol–water partition coefficient (Wildman–Crippen LogP) is 5.23. The van der Waals surface area contributed by atoms with Crippen molar-refractivity contribution in [3.8, 4) is 0 Å². The Labute approximate surface area is 136 Å². The summed E-state index contributed by atoms with van der Waals surface area (Å²) < 4.78 is 50.6. The molecule has 0 aliphatic heterocycles. The smallest absolute Gasteiger partial charge is 0.194 e. The van der Waals surface area contributed by atoms with Crippen LogP contribution < -0.4 is 0 Å². The van der Waals surface area contributed by atoms with Gasteiger partial charge in [0.05, 0.1) is 6.61 Å². The maximum Gasteiger partial charge on any atom is 0.194 e. The Morgan fingerprint density at radius 3 is 2.17 bits per heavy atom. The third-order valence-electron chi connectivity index (χ3n) is 4.87. The van der Waals surface area contributed by atoms with E-state index in [1.54, 1.807) is 0 Å². The molecule has 130 valence electrons. The number of hydrogen-bond acceptors (Lipinski definition) is 2. The van der Waals surface area contributed by atoms with Crippen LogP contribution in [-0.4, -0.2) is 13.7 Å². The lowest BCUT2D eigenvalue weighted by atomic mass is 9.77. The molecule has 0 N–H and O–H groups in total. The van der Waals surface area contributed by atoms with E-state index >= 15 is 0 Å². The Balaban J connectivity index is 1.94. The Hall–Kier alpha value is -1.07. The third kappa shape index (κ3) is 4.70. The van der Waals surface area contributed by atoms with Gasteiger partial charge in [-0.3, -0.25) is 0 Å². The Bertz CT molecular complexity index is 490. The van der Waals surface area contributed by atoms with Gasteiger partial charge in [0.2, 0.25) is 0 Å². The van der Waals surface area contributed by atoms with Crippen LogP contribution in [0.15, 0.2) is 12.1 Å². The molecule has 2 rings (SSSR count). The SMILES string of the molecule is COC(OCC(C)C1CCC(C)CC1)c1cc(F)c(F)c(F)c1. The molecule has 0 radical (unpaired) electrons. The van der Waals surface area contributed by atoms with Crippen molar-refractivity contribution in [2.24, 2.45) is 17.8 Å². The summed E-state index contributed by atoms with van der Waals surface area (Å²) in [5.41, 5.74) is 0.147. The lowest BCUT2D eigenvalue weighted by Crippen LogP contribution is -2.23. The quantitative estimate of drug-likeness (QED) is 0.525. The van der Waals surface area contributed by atoms with E-state index < -0.39 is 23.7 Å². The maximum atomic E-state index is 13.3. The van der Waals surface area contributed by atoms with Crippen LogP contribution in [0.25, 0.3) is 0 Å². The van der Waals surface area contributed by atoms with Gasteiger partial charge in [-0.15, -0.1) is 0 Å². The second-order valence-corrected chi connectivity index (χ2v) is 6.70. The van der Waals surface area contributed by atoms with E-state index in [1.165, 1.54) is 32.8 Å². The highest BCUT2D eigenvalue weighted by Crippen LogP contribution is 2.34. The molecule has 1 aromatic rings. The zero-order valence-electron chi connectivity index (χ0n) is 14.0. The summed E-state index contributed by atoms with van der Waals surface area (Å²) in [4.78, 5) is 0. The molecule has 2 atom stereocenters. The third-order valence-corrected chi connectivity index (χ3v) is 4.87. The molecule has 0 heterocycles. The number of halogens is 3. The van der Waals surface area contributed by atoms with E-state index in [-0.39, 0.29) is 5.56 Å². The molecule has 1 aliphatic rings. The number of methoxy groups -OCH3 is 1. The lowest BCUT2D eigenvalue weighted by molar-refractivity contribution is -0.140. The maximum absolute atomic E-state index is 13.3. The highest BCUT2D eigenvalue weighted by Gasteiger charge is 2.25. The molecule has 5 heteroatoms. The van der Waals surface area contributed by atoms with Gasteiger partial charge in [0.15, 0.2) is 23.7 Å². The second-order valence-electron chi connectivity index (χ2n) is 6.70. The van der Waals surface area contributed by atoms with Crippen LogP contribution in [0.2, 0.25) is 0 Å². The summed E-state index contributed by atoms with van der Waals surface area (Å²) in [5, 5.41) is 0. The minimum atomic E-state index is -1.48. The molecule has 2 nitrogen and oxygen atoms in total. The molecule has 1 aromatic carbocycles. The summed E-state index contributed by atoms with van der Waals surface area (Å²) in [5.74, 6) is -2.22. The van der Waals surface area contributed by atoms with Crippen LogP contribution in [0.3, 0.4) is 0 Å². The van der Waals surface area contributed by atoms with Gasteiger partial charge in [-0.2, -0.15) is 0 Å². The average Bonchev–Trinajstić information content (AvgIpc) is 2.53. The molecule has 1 saturated carbocycles. The standard InChI is InChI=1S/C18H25F3O2/c1-11-4-6-13(7-5-11)12(2)10-23-18(22-3)14-8-15(19)17(21)16(20)9-14/h8-9,11-13,18H,4-7,10H2,1-3H3. The second kappa shape index (κ2) is 8.15. The highest BCUT2D eigenvalue weighted by atomic mass is 19.2. The van der Waals surface area contributed by atoms with Gasteiger partial charge in [-0.25, -0.2) is 13.2 Å². The molecular formula is C18H25F3O2. The van der Waals surface area contributed by atoms with E-state index in [0.717, 1.165) is 18.1 Å². The van der Waals surface area contributed by atoms with Crippen LogP contribution in [0, 0.1) is 35.2 Å². The van der Waals surface area contributed by atoms with Crippen LogP contribution in [0.4, 0.5) is 13.2 Å². The normalized spacial score (nSPS) is 24.4. The minimum Gasteiger partial charge on any atom is -0.352 e. The van der Waals surface area contributed by atoms with Crippen molar-refractivity contribution in [3.05, 3.63) is 35.1 Å². The van der Waals surface area contributed by atoms with Gasteiger partial charge in [-0.1, -0.05) is 26.7 Å². The first kappa shape index (κ1) is 18.3. The zero-order valence-corrected chi connectivity index (χ0v) is 14.0. The van der Waals surface area contributed by atoms with Crippen molar-refractivity contribution < 1.29 is 22.6 Å². The zero-order chi connectivity index (χ0) is 17.0. The summed E-state index contributed by atoms with van der Waals surface area (Å²) in [7, 11) is 1.40. The fraction of sp³-hybridized carbons (Fsp3) is 0.667. The Morgan fingerprint density at radius 2 is 1.65 bits per heavy atom. The molecule has 0 spiro atoms. The minimum absolute atomic E-state index is 0.147. The fourth-order valence-electron chi connectivity index (χ4n) is 3.24. The molecular weight excluding hydrogens is 305 g/mol. The summed E-state index contributed by atoms with van der Waals surface area (Å²) in [6.45, 7) is 4.84. The van der Waals surface area contributed by atoms with Crippen molar-refractivity contribution in [1.82, 2.24) is 0 Å². The number of benzene rings is 1. The van der Waals surface area contributed by atoms with E-state index in [1.807, 2.05) is 0 Å². The first-order chi connectivity index (χ1) is 10.9. The summed E-state index contributed by atoms with van der Waals surface area (Å²) in [6, 6.07) is 1.83. The first-order valence-corrected chi connectivity index (χ1v) is 8.21. The predicted molar refractivity (Wildman–Crippen MR) is 82.3 cm³/mol. The van der Waals surface area contributed by atoms with Crippen LogP contribution in [0.1, 0.15) is 51.4 Å². The van der Waals surface area contributed by atoms with Crippen LogP contribution in [0.5, 0.6) is 0 Å². The van der Waals surface area contributed by atoms with Crippen molar-refractivity contribution in [2.75, 3.05) is 13.7 Å². The van der Waals surface area contributed by atoms with E-state index in [0.29, 0.717) is 18.4 Å². The molecule has 23 heavy (non-hydrogen) atoms. The topological polar surface area (TPSA) is 18.5 Å². The van der Waals surface area contributed by atoms with Crippen molar-refractivity contribution >= 4 is 0 Å². The molecule has 0 bridgehead atoms. The van der Waals surface area contributed by atoms with E-state index in [9.17, 15) is 13.2 Å². The molecule has 0 aromatic heterocycles. The fourth-order valence-corrected chi connectivity index (χ4v) is 3.24. The molecule has 1 aliphatic carbocycles. The van der Waals surface area contributed by atoms with Crippen LogP contribution >= 0.6 is 0 Å². The van der Waals surface area contributed by atoms with Gasteiger partial charge >= 0.3 is 0 Å². The summed E-state index contributed by atoms with van der Waals surface area (Å²) in [6.07, 6.45) is 3.94. The summed E-state index contributed by atoms with van der Waals surface area (Å²) >= 11 is 0. The largest absolute Gasteiger partial charge is 0.352 e. The molecule has 2 unspecified atom stereocenters. The highest BCUT2D eigenvalue weighted by molar-refractivity contribution is 5.20. The first-order valence-electron chi connectivity index (χ1n) is 8.21. The molecule has 0 saturated heterocycles. The van der Waals surface area contributed by atoms with Crippen molar-refractivity contribution in [2.45, 2.75) is 45.8 Å². The number of rotatable bonds is 6. The molecule has 1 fully saturated rings. The van der Waals surface area contributed by atoms with E-state index in [2.05, 4.69) is 13.8 Å². The lowest BCUT2D eigenvalue weighted by Gasteiger charge is -2.31. The van der Waals surface area contributed by atoms with Gasteiger partial charge in [-0.05, 0) is 42.7 Å². The van der Waals surface area contributed by atoms with Gasteiger partial charge in [0.1, 0.15) is 0 Å². The Kier molecular flexibility index (Phi) is 6.48. The van der Waals surface area contributed by atoms with Gasteiger partial charge < -0.3 is 9.47 Å². The van der Waals surface area contributed by atoms with Crippen molar-refractivity contribution in [1.29, 1.82) is 0 Å². The number of hydrogen-bond donors (Lipinski definition) is 0. The number of ether oxygens (including phenoxy) is 2. The molecule has 0 amide bonds. The average molecular weight is 330 g/mol. The van der Waals surface area contributed by atoms with Crippen LogP contribution in [-0.2, 0) is 9.47 Å². The van der Waals surface area contributed by atoms with E-state index in [4.69, 9.17) is 9.47 Å². The monoisotopic (exact) mass is 330 g/mol. The van der Waals surface area contributed by atoms with Crippen molar-refractivity contribution in [3.63, 3.8) is 0 Å². The Morgan fingerprint density at radius 1 is 1.09 bits per heavy atom. The van der Waals surface area contributed by atoms with Gasteiger partial charge in [0.25, 0.3) is 0 Å².